The van der Waals surface area contributed by atoms with Crippen LogP contribution in [0.5, 0.6) is 0 Å². The fourth-order valence-electron chi connectivity index (χ4n) is 8.37. The summed E-state index contributed by atoms with van der Waals surface area (Å²) in [6.45, 7) is 0. The molecule has 0 N–H and O–H groups in total. The Bertz CT molecular complexity index is 3180. The molecule has 0 saturated carbocycles. The third kappa shape index (κ3) is 4.38. The molecule has 52 heavy (non-hydrogen) atoms. The number of hydrogen-bond acceptors (Lipinski definition) is 2. The van der Waals surface area contributed by atoms with Crippen LogP contribution >= 0.6 is 0 Å². The molecule has 1 aromatic heterocycles. The molecule has 242 valence electrons. The van der Waals surface area contributed by atoms with Crippen molar-refractivity contribution >= 4 is 92.9 Å². The van der Waals surface area contributed by atoms with Gasteiger partial charge in [0.15, 0.2) is 0 Å². The van der Waals surface area contributed by atoms with Crippen LogP contribution < -0.4 is 4.90 Å². The first-order valence-electron chi connectivity index (χ1n) is 17.8. The second kappa shape index (κ2) is 11.3. The van der Waals surface area contributed by atoms with E-state index in [4.69, 9.17) is 4.42 Å². The molecule has 0 bridgehead atoms. The SMILES string of the molecule is c1ccc2c(N(c3ccc(-c4ccc5c(c4)oc4ccccc45)cc3)c3cc4ccccc4c4c3ccc3ccc5ccccc5c34)cccc2c1. The Labute approximate surface area is 300 Å². The first kappa shape index (κ1) is 28.9. The van der Waals surface area contributed by atoms with Crippen LogP contribution in [0.25, 0.3) is 86.9 Å². The van der Waals surface area contributed by atoms with Gasteiger partial charge in [0.2, 0.25) is 0 Å². The first-order valence-corrected chi connectivity index (χ1v) is 17.8. The van der Waals surface area contributed by atoms with Gasteiger partial charge in [0.25, 0.3) is 0 Å². The van der Waals surface area contributed by atoms with Gasteiger partial charge in [-0.2, -0.15) is 0 Å². The minimum Gasteiger partial charge on any atom is -0.456 e. The van der Waals surface area contributed by atoms with Gasteiger partial charge in [0.05, 0.1) is 11.4 Å². The quantitative estimate of drug-likeness (QED) is 0.175. The van der Waals surface area contributed by atoms with E-state index in [0.717, 1.165) is 50.1 Å². The van der Waals surface area contributed by atoms with E-state index in [1.807, 2.05) is 12.1 Å². The lowest BCUT2D eigenvalue weighted by Gasteiger charge is -2.29. The van der Waals surface area contributed by atoms with Gasteiger partial charge in [-0.1, -0.05) is 146 Å². The Morgan fingerprint density at radius 2 is 0.885 bits per heavy atom. The molecule has 0 radical (unpaired) electrons. The molecular formula is C50H31NO. The summed E-state index contributed by atoms with van der Waals surface area (Å²) in [6.07, 6.45) is 0. The van der Waals surface area contributed by atoms with Crippen molar-refractivity contribution in [1.29, 1.82) is 0 Å². The van der Waals surface area contributed by atoms with Gasteiger partial charge in [0, 0.05) is 32.6 Å². The average Bonchev–Trinajstić information content (AvgIpc) is 3.59. The summed E-state index contributed by atoms with van der Waals surface area (Å²) < 4.78 is 6.26. The fraction of sp³-hybridized carbons (Fsp3) is 0. The first-order chi connectivity index (χ1) is 25.8. The molecule has 0 amide bonds. The molecule has 11 rings (SSSR count). The normalized spacial score (nSPS) is 11.8. The second-order valence-corrected chi connectivity index (χ2v) is 13.7. The van der Waals surface area contributed by atoms with Crippen molar-refractivity contribution in [2.24, 2.45) is 0 Å². The van der Waals surface area contributed by atoms with Gasteiger partial charge >= 0.3 is 0 Å². The maximum atomic E-state index is 6.26. The van der Waals surface area contributed by atoms with Gasteiger partial charge in [-0.25, -0.2) is 0 Å². The maximum Gasteiger partial charge on any atom is 0.136 e. The van der Waals surface area contributed by atoms with E-state index in [9.17, 15) is 0 Å². The van der Waals surface area contributed by atoms with E-state index in [0.29, 0.717) is 0 Å². The van der Waals surface area contributed by atoms with Gasteiger partial charge < -0.3 is 9.32 Å². The predicted octanol–water partition coefficient (Wildman–Crippen LogP) is 14.5. The van der Waals surface area contributed by atoms with Crippen LogP contribution in [0, 0.1) is 0 Å². The number of nitrogens with zero attached hydrogens (tertiary/aromatic N) is 1. The summed E-state index contributed by atoms with van der Waals surface area (Å²) in [5, 5.41) is 14.7. The molecule has 0 unspecified atom stereocenters. The van der Waals surface area contributed by atoms with Crippen molar-refractivity contribution in [3.05, 3.63) is 188 Å². The highest BCUT2D eigenvalue weighted by molar-refractivity contribution is 6.30. The number of fused-ring (bicyclic) bond motifs is 11. The molecule has 0 aliphatic heterocycles. The third-order valence-corrected chi connectivity index (χ3v) is 10.8. The highest BCUT2D eigenvalue weighted by Gasteiger charge is 2.21. The zero-order valence-corrected chi connectivity index (χ0v) is 28.3. The minimum absolute atomic E-state index is 0.905. The number of rotatable bonds is 4. The number of para-hydroxylation sites is 1. The van der Waals surface area contributed by atoms with Crippen LogP contribution in [0.4, 0.5) is 17.1 Å². The molecule has 0 aliphatic rings. The van der Waals surface area contributed by atoms with Gasteiger partial charge in [-0.05, 0) is 91.3 Å². The summed E-state index contributed by atoms with van der Waals surface area (Å²) >= 11 is 0. The van der Waals surface area contributed by atoms with Crippen molar-refractivity contribution in [1.82, 2.24) is 0 Å². The fourth-order valence-corrected chi connectivity index (χ4v) is 8.37. The number of benzene rings is 10. The van der Waals surface area contributed by atoms with Crippen molar-refractivity contribution in [2.45, 2.75) is 0 Å². The van der Waals surface area contributed by atoms with E-state index in [1.54, 1.807) is 0 Å². The molecule has 1 heterocycles. The number of hydrogen-bond donors (Lipinski definition) is 0. The summed E-state index contributed by atoms with van der Waals surface area (Å²) in [4.78, 5) is 2.46. The van der Waals surface area contributed by atoms with E-state index in [2.05, 4.69) is 181 Å². The zero-order valence-electron chi connectivity index (χ0n) is 28.3. The lowest BCUT2D eigenvalue weighted by molar-refractivity contribution is 0.669. The highest BCUT2D eigenvalue weighted by atomic mass is 16.3. The lowest BCUT2D eigenvalue weighted by Crippen LogP contribution is -2.11. The summed E-state index contributed by atoms with van der Waals surface area (Å²) in [7, 11) is 0. The smallest absolute Gasteiger partial charge is 0.136 e. The van der Waals surface area contributed by atoms with Crippen molar-refractivity contribution < 1.29 is 4.42 Å². The Balaban J connectivity index is 1.17. The number of furan rings is 1. The molecule has 10 aromatic carbocycles. The molecule has 0 saturated heterocycles. The van der Waals surface area contributed by atoms with Crippen molar-refractivity contribution in [3.8, 4) is 11.1 Å². The monoisotopic (exact) mass is 661 g/mol. The van der Waals surface area contributed by atoms with Crippen molar-refractivity contribution in [2.75, 3.05) is 4.90 Å². The third-order valence-electron chi connectivity index (χ3n) is 10.8. The number of anilines is 3. The van der Waals surface area contributed by atoms with Crippen molar-refractivity contribution in [3.63, 3.8) is 0 Å². The molecular weight excluding hydrogens is 631 g/mol. The molecule has 0 atom stereocenters. The Morgan fingerprint density at radius 3 is 1.71 bits per heavy atom. The summed E-state index contributed by atoms with van der Waals surface area (Å²) in [6, 6.07) is 68.2. The van der Waals surface area contributed by atoms with Crippen LogP contribution in [0.1, 0.15) is 0 Å². The summed E-state index contributed by atoms with van der Waals surface area (Å²) in [5.74, 6) is 0. The highest BCUT2D eigenvalue weighted by Crippen LogP contribution is 2.47. The Hall–Kier alpha value is -6.90. The van der Waals surface area contributed by atoms with Gasteiger partial charge in [-0.3, -0.25) is 0 Å². The Kier molecular flexibility index (Phi) is 6.28. The molecule has 2 heteroatoms. The van der Waals surface area contributed by atoms with Crippen LogP contribution in [0.3, 0.4) is 0 Å². The summed E-state index contributed by atoms with van der Waals surface area (Å²) in [5.41, 5.74) is 7.48. The van der Waals surface area contributed by atoms with E-state index in [-0.39, 0.29) is 0 Å². The average molecular weight is 662 g/mol. The zero-order chi connectivity index (χ0) is 34.2. The van der Waals surface area contributed by atoms with Gasteiger partial charge in [0.1, 0.15) is 11.2 Å². The Morgan fingerprint density at radius 1 is 0.308 bits per heavy atom. The molecule has 0 fully saturated rings. The van der Waals surface area contributed by atoms with Crippen LogP contribution in [-0.2, 0) is 0 Å². The van der Waals surface area contributed by atoms with Gasteiger partial charge in [-0.15, -0.1) is 0 Å². The minimum atomic E-state index is 0.905. The molecule has 2 nitrogen and oxygen atoms in total. The maximum absolute atomic E-state index is 6.26. The van der Waals surface area contributed by atoms with Crippen LogP contribution in [0.15, 0.2) is 192 Å². The predicted molar refractivity (Wildman–Crippen MR) is 221 cm³/mol. The largest absolute Gasteiger partial charge is 0.456 e. The van der Waals surface area contributed by atoms with E-state index < -0.39 is 0 Å². The van der Waals surface area contributed by atoms with E-state index in [1.165, 1.54) is 53.9 Å². The van der Waals surface area contributed by atoms with E-state index >= 15 is 0 Å². The molecule has 0 aliphatic carbocycles. The lowest BCUT2D eigenvalue weighted by atomic mass is 9.91. The standard InChI is InChI=1S/C50H31NO/c1-4-14-39-33(10-1)13-9-18-45(39)51(38-26-22-32(23-27-38)36-25-28-43-42-17-7-8-19-47(42)52-48(43)31-36)46-30-37-12-3-6-16-41(37)50-44(46)29-24-35-21-20-34-11-2-5-15-40(34)49(35)50/h1-31H. The molecule has 0 spiro atoms. The van der Waals surface area contributed by atoms with Crippen LogP contribution in [-0.4, -0.2) is 0 Å². The second-order valence-electron chi connectivity index (χ2n) is 13.7. The van der Waals surface area contributed by atoms with Crippen LogP contribution in [0.2, 0.25) is 0 Å². The topological polar surface area (TPSA) is 16.4 Å². The molecule has 11 aromatic rings.